The van der Waals surface area contributed by atoms with Crippen LogP contribution in [0.25, 0.3) is 10.9 Å². The molecule has 1 aliphatic heterocycles. The Morgan fingerprint density at radius 2 is 2.10 bits per heavy atom. The van der Waals surface area contributed by atoms with E-state index in [2.05, 4.69) is 11.6 Å². The molecule has 1 N–H and O–H groups in total. The predicted octanol–water partition coefficient (Wildman–Crippen LogP) is 2.99. The fourth-order valence-corrected chi connectivity index (χ4v) is 2.38. The molecule has 2 aromatic rings. The van der Waals surface area contributed by atoms with Crippen molar-refractivity contribution in [1.29, 1.82) is 0 Å². The van der Waals surface area contributed by atoms with Crippen molar-refractivity contribution in [2.75, 3.05) is 0 Å². The molecule has 1 aromatic heterocycles. The van der Waals surface area contributed by atoms with Gasteiger partial charge >= 0.3 is 7.12 Å². The van der Waals surface area contributed by atoms with Gasteiger partial charge in [0.15, 0.2) is 0 Å². The summed E-state index contributed by atoms with van der Waals surface area (Å²) in [5, 5.41) is 1.07. The summed E-state index contributed by atoms with van der Waals surface area (Å²) in [6.07, 6.45) is 0.125. The van der Waals surface area contributed by atoms with E-state index in [0.29, 0.717) is 5.76 Å². The number of hydrogen-bond donors (Lipinski definition) is 1. The summed E-state index contributed by atoms with van der Waals surface area (Å²) in [7, 11) is -0.452. The minimum atomic E-state index is -0.473. The molecule has 1 fully saturated rings. The second-order valence-corrected chi connectivity index (χ2v) is 6.11. The molecule has 21 heavy (non-hydrogen) atoms. The van der Waals surface area contributed by atoms with Crippen LogP contribution < -0.4 is 10.3 Å². The van der Waals surface area contributed by atoms with E-state index in [0.717, 1.165) is 22.2 Å². The van der Waals surface area contributed by atoms with E-state index in [9.17, 15) is 0 Å². The molecule has 0 saturated carbocycles. The molecule has 5 heteroatoms. The average Bonchev–Trinajstić information content (AvgIpc) is 2.92. The van der Waals surface area contributed by atoms with Crippen LogP contribution in [0, 0.1) is 0 Å². The maximum Gasteiger partial charge on any atom is 0.580 e. The van der Waals surface area contributed by atoms with Gasteiger partial charge in [-0.05, 0) is 39.8 Å². The normalized spacial score (nSPS) is 17.6. The SMILES string of the molecule is C=C1OB(c2cc3cccc(OC(C)C)c3[nH]2)OC1(C)C. The van der Waals surface area contributed by atoms with Crippen LogP contribution >= 0.6 is 0 Å². The topological polar surface area (TPSA) is 43.5 Å². The molecule has 2 heterocycles. The smallest absolute Gasteiger partial charge is 0.533 e. The van der Waals surface area contributed by atoms with Crippen molar-refractivity contribution in [3.63, 3.8) is 0 Å². The van der Waals surface area contributed by atoms with Crippen molar-refractivity contribution in [2.24, 2.45) is 0 Å². The summed E-state index contributed by atoms with van der Waals surface area (Å²) in [4.78, 5) is 3.35. The summed E-state index contributed by atoms with van der Waals surface area (Å²) in [5.74, 6) is 1.48. The van der Waals surface area contributed by atoms with Gasteiger partial charge in [0.1, 0.15) is 11.4 Å². The third-order valence-corrected chi connectivity index (χ3v) is 3.58. The number of aromatic nitrogens is 1. The number of rotatable bonds is 3. The first-order valence-electron chi connectivity index (χ1n) is 7.19. The van der Waals surface area contributed by atoms with E-state index in [4.69, 9.17) is 14.0 Å². The van der Waals surface area contributed by atoms with Crippen LogP contribution in [0.2, 0.25) is 0 Å². The zero-order valence-electron chi connectivity index (χ0n) is 12.9. The largest absolute Gasteiger partial charge is 0.580 e. The van der Waals surface area contributed by atoms with E-state index >= 15 is 0 Å². The second kappa shape index (κ2) is 4.84. The highest BCUT2D eigenvalue weighted by Gasteiger charge is 2.43. The van der Waals surface area contributed by atoms with Gasteiger partial charge in [-0.1, -0.05) is 18.7 Å². The number of aromatic amines is 1. The predicted molar refractivity (Wildman–Crippen MR) is 84.8 cm³/mol. The molecule has 0 spiro atoms. The number of nitrogens with one attached hydrogen (secondary N) is 1. The maximum absolute atomic E-state index is 5.90. The highest BCUT2D eigenvalue weighted by molar-refractivity contribution is 6.62. The molecule has 0 atom stereocenters. The molecule has 1 aliphatic rings. The summed E-state index contributed by atoms with van der Waals surface area (Å²) in [6.45, 7) is 11.8. The van der Waals surface area contributed by atoms with E-state index in [1.807, 2.05) is 52.0 Å². The van der Waals surface area contributed by atoms with Gasteiger partial charge in [-0.2, -0.15) is 0 Å². The highest BCUT2D eigenvalue weighted by atomic mass is 16.7. The Morgan fingerprint density at radius 1 is 1.33 bits per heavy atom. The van der Waals surface area contributed by atoms with Gasteiger partial charge in [0.25, 0.3) is 0 Å². The van der Waals surface area contributed by atoms with E-state index in [-0.39, 0.29) is 6.10 Å². The molecular formula is C16H20BNO3. The first-order chi connectivity index (χ1) is 9.87. The van der Waals surface area contributed by atoms with Gasteiger partial charge in [0, 0.05) is 5.39 Å². The summed E-state index contributed by atoms with van der Waals surface area (Å²) in [5.41, 5.74) is 1.36. The fourth-order valence-electron chi connectivity index (χ4n) is 2.38. The van der Waals surface area contributed by atoms with Crippen molar-refractivity contribution in [3.8, 4) is 5.75 Å². The molecule has 3 rings (SSSR count). The lowest BCUT2D eigenvalue weighted by molar-refractivity contribution is 0.173. The van der Waals surface area contributed by atoms with Crippen LogP contribution in [-0.2, 0) is 9.31 Å². The van der Waals surface area contributed by atoms with Crippen LogP contribution in [0.3, 0.4) is 0 Å². The Balaban J connectivity index is 1.97. The quantitative estimate of drug-likeness (QED) is 0.882. The lowest BCUT2D eigenvalue weighted by atomic mass is 9.85. The zero-order valence-corrected chi connectivity index (χ0v) is 12.9. The molecule has 0 radical (unpaired) electrons. The fraction of sp³-hybridized carbons (Fsp3) is 0.375. The number of ether oxygens (including phenoxy) is 1. The van der Waals surface area contributed by atoms with Gasteiger partial charge in [-0.25, -0.2) is 0 Å². The molecule has 0 bridgehead atoms. The van der Waals surface area contributed by atoms with Gasteiger partial charge in [-0.15, -0.1) is 0 Å². The van der Waals surface area contributed by atoms with Gasteiger partial charge < -0.3 is 19.0 Å². The lowest BCUT2D eigenvalue weighted by Crippen LogP contribution is -2.35. The number of hydrogen-bond acceptors (Lipinski definition) is 3. The summed E-state index contributed by atoms with van der Waals surface area (Å²) < 4.78 is 17.5. The Hall–Kier alpha value is -1.88. The van der Waals surface area contributed by atoms with Crippen molar-refractivity contribution in [2.45, 2.75) is 39.4 Å². The minimum absolute atomic E-state index is 0.125. The van der Waals surface area contributed by atoms with Gasteiger partial charge in [-0.3, -0.25) is 0 Å². The standard InChI is InChI=1S/C16H20BNO3/c1-10(2)19-13-8-6-7-12-9-14(18-15(12)13)17-20-11(3)16(4,5)21-17/h6-10,18H,3H2,1-2,4-5H3. The first kappa shape index (κ1) is 14.1. The molecule has 0 unspecified atom stereocenters. The molecule has 4 nitrogen and oxygen atoms in total. The van der Waals surface area contributed by atoms with Crippen molar-refractivity contribution in [3.05, 3.63) is 36.6 Å². The average molecular weight is 285 g/mol. The monoisotopic (exact) mass is 285 g/mol. The third kappa shape index (κ3) is 2.53. The molecule has 1 aromatic carbocycles. The van der Waals surface area contributed by atoms with Gasteiger partial charge in [0.2, 0.25) is 0 Å². The molecule has 0 amide bonds. The lowest BCUT2D eigenvalue weighted by Gasteiger charge is -2.15. The van der Waals surface area contributed by atoms with E-state index in [1.165, 1.54) is 0 Å². The summed E-state index contributed by atoms with van der Waals surface area (Å²) in [6, 6.07) is 8.01. The zero-order chi connectivity index (χ0) is 15.2. The van der Waals surface area contributed by atoms with Crippen LogP contribution in [0.1, 0.15) is 27.7 Å². The number of H-pyrrole nitrogens is 1. The molecule has 110 valence electrons. The van der Waals surface area contributed by atoms with Crippen molar-refractivity contribution in [1.82, 2.24) is 4.98 Å². The third-order valence-electron chi connectivity index (χ3n) is 3.58. The van der Waals surface area contributed by atoms with E-state index in [1.54, 1.807) is 0 Å². The molecule has 1 saturated heterocycles. The second-order valence-electron chi connectivity index (χ2n) is 6.11. The first-order valence-corrected chi connectivity index (χ1v) is 7.19. The molecular weight excluding hydrogens is 265 g/mol. The van der Waals surface area contributed by atoms with Crippen LogP contribution in [0.4, 0.5) is 0 Å². The molecule has 0 aliphatic carbocycles. The number of para-hydroxylation sites is 1. The van der Waals surface area contributed by atoms with Crippen LogP contribution in [0.15, 0.2) is 36.6 Å². The Morgan fingerprint density at radius 3 is 2.71 bits per heavy atom. The number of fused-ring (bicyclic) bond motifs is 1. The Labute approximate surface area is 125 Å². The Bertz CT molecular complexity index is 690. The minimum Gasteiger partial charge on any atom is -0.533 e. The Kier molecular flexibility index (Phi) is 3.25. The summed E-state index contributed by atoms with van der Waals surface area (Å²) >= 11 is 0. The van der Waals surface area contributed by atoms with E-state index < -0.39 is 12.7 Å². The highest BCUT2D eigenvalue weighted by Crippen LogP contribution is 2.30. The van der Waals surface area contributed by atoms with Crippen molar-refractivity contribution < 1.29 is 14.0 Å². The van der Waals surface area contributed by atoms with Crippen LogP contribution in [-0.4, -0.2) is 23.8 Å². The maximum atomic E-state index is 5.90. The van der Waals surface area contributed by atoms with Crippen LogP contribution in [0.5, 0.6) is 5.75 Å². The van der Waals surface area contributed by atoms with Gasteiger partial charge in [0.05, 0.1) is 23.0 Å². The number of benzene rings is 1. The van der Waals surface area contributed by atoms with Crippen molar-refractivity contribution >= 4 is 23.6 Å².